The van der Waals surface area contributed by atoms with E-state index in [-0.39, 0.29) is 5.88 Å². The molecule has 2 N–H and O–H groups in total. The zero-order valence-electron chi connectivity index (χ0n) is 10.4. The van der Waals surface area contributed by atoms with Gasteiger partial charge in [-0.25, -0.2) is 4.68 Å². The van der Waals surface area contributed by atoms with E-state index < -0.39 is 10.3 Å². The summed E-state index contributed by atoms with van der Waals surface area (Å²) in [5.41, 5.74) is 1.61. The summed E-state index contributed by atoms with van der Waals surface area (Å²) in [6, 6.07) is 9.64. The average molecular weight is 282 g/mol. The van der Waals surface area contributed by atoms with E-state index in [1.165, 1.54) is 0 Å². The molecule has 0 spiro atoms. The average Bonchev–Trinajstić information content (AvgIpc) is 2.70. The van der Waals surface area contributed by atoms with Gasteiger partial charge in [0, 0.05) is 0 Å². The van der Waals surface area contributed by atoms with E-state index in [1.54, 1.807) is 4.68 Å². The summed E-state index contributed by atoms with van der Waals surface area (Å²) in [5, 5.41) is 12.4. The highest BCUT2D eigenvalue weighted by Crippen LogP contribution is 2.17. The second kappa shape index (κ2) is 5.37. The third-order valence-electron chi connectivity index (χ3n) is 2.51. The molecule has 102 valence electrons. The van der Waals surface area contributed by atoms with Crippen LogP contribution in [0, 0.1) is 0 Å². The quantitative estimate of drug-likeness (QED) is 0.859. The molecule has 0 amide bonds. The van der Waals surface area contributed by atoms with Crippen LogP contribution >= 0.6 is 0 Å². The molecule has 1 aromatic carbocycles. The van der Waals surface area contributed by atoms with Crippen molar-refractivity contribution in [2.24, 2.45) is 5.14 Å². The number of hydrogen-bond donors (Lipinski definition) is 1. The second-order valence-corrected chi connectivity index (χ2v) is 5.07. The van der Waals surface area contributed by atoms with Gasteiger partial charge in [-0.05, 0) is 12.0 Å². The van der Waals surface area contributed by atoms with Crippen molar-refractivity contribution in [3.63, 3.8) is 0 Å². The topological polar surface area (TPSA) is 100 Å². The summed E-state index contributed by atoms with van der Waals surface area (Å²) in [6.45, 7) is 2.35. The molecule has 1 aromatic heterocycles. The third kappa shape index (κ3) is 3.52. The Labute approximate surface area is 111 Å². The molecule has 0 aliphatic heterocycles. The van der Waals surface area contributed by atoms with Crippen molar-refractivity contribution < 1.29 is 12.6 Å². The summed E-state index contributed by atoms with van der Waals surface area (Å²) in [6.07, 6.45) is 0.532. The van der Waals surface area contributed by atoms with Crippen LogP contribution in [0.5, 0.6) is 5.88 Å². The fraction of sp³-hybridized carbons (Fsp3) is 0.273. The normalized spacial score (nSPS) is 11.5. The zero-order chi connectivity index (χ0) is 13.9. The highest BCUT2D eigenvalue weighted by atomic mass is 32.2. The van der Waals surface area contributed by atoms with Gasteiger partial charge < -0.3 is 4.18 Å². The molecule has 0 saturated carbocycles. The molecule has 8 heteroatoms. The molecule has 1 heterocycles. The Hall–Kier alpha value is -1.93. The van der Waals surface area contributed by atoms with Crippen LogP contribution < -0.4 is 9.32 Å². The molecule has 0 aliphatic carbocycles. The Morgan fingerprint density at radius 1 is 1.32 bits per heavy atom. The van der Waals surface area contributed by atoms with Crippen LogP contribution in [0.15, 0.2) is 30.3 Å². The van der Waals surface area contributed by atoms with Crippen molar-refractivity contribution in [3.8, 4) is 5.88 Å². The molecule has 0 radical (unpaired) electrons. The molecule has 0 aliphatic rings. The lowest BCUT2D eigenvalue weighted by Crippen LogP contribution is -2.20. The first-order valence-electron chi connectivity index (χ1n) is 5.68. The fourth-order valence-corrected chi connectivity index (χ4v) is 2.06. The standard InChI is InChI=1S/C11H14N4O3S/c1-2-10-11(18-19(12,16)17)13-14-15(10)8-9-6-4-3-5-7-9/h3-7H,2,8H2,1H3,(H2,12,16,17). The molecule has 0 unspecified atom stereocenters. The third-order valence-corrected chi connectivity index (χ3v) is 2.90. The molecule has 0 saturated heterocycles. The van der Waals surface area contributed by atoms with Crippen LogP contribution in [-0.2, 0) is 23.3 Å². The van der Waals surface area contributed by atoms with E-state index in [0.29, 0.717) is 18.7 Å². The van der Waals surface area contributed by atoms with Gasteiger partial charge in [0.15, 0.2) is 0 Å². The first kappa shape index (κ1) is 13.5. The van der Waals surface area contributed by atoms with Crippen LogP contribution in [0.4, 0.5) is 0 Å². The van der Waals surface area contributed by atoms with Crippen molar-refractivity contribution in [1.29, 1.82) is 0 Å². The maximum absolute atomic E-state index is 10.9. The van der Waals surface area contributed by atoms with Crippen molar-refractivity contribution in [3.05, 3.63) is 41.6 Å². The smallest absolute Gasteiger partial charge is 0.347 e. The van der Waals surface area contributed by atoms with Crippen molar-refractivity contribution in [2.75, 3.05) is 0 Å². The van der Waals surface area contributed by atoms with E-state index >= 15 is 0 Å². The van der Waals surface area contributed by atoms with Gasteiger partial charge in [-0.2, -0.15) is 13.6 Å². The molecular formula is C11H14N4O3S. The molecule has 2 rings (SSSR count). The molecule has 19 heavy (non-hydrogen) atoms. The molecule has 0 atom stereocenters. The van der Waals surface area contributed by atoms with E-state index in [9.17, 15) is 8.42 Å². The zero-order valence-corrected chi connectivity index (χ0v) is 11.2. The lowest BCUT2D eigenvalue weighted by molar-refractivity contribution is 0.473. The minimum Gasteiger partial charge on any atom is -0.347 e. The van der Waals surface area contributed by atoms with Crippen LogP contribution in [0.25, 0.3) is 0 Å². The van der Waals surface area contributed by atoms with Gasteiger partial charge >= 0.3 is 10.3 Å². The van der Waals surface area contributed by atoms with E-state index in [4.69, 9.17) is 5.14 Å². The number of nitrogens with two attached hydrogens (primary N) is 1. The highest BCUT2D eigenvalue weighted by molar-refractivity contribution is 7.84. The van der Waals surface area contributed by atoms with Crippen LogP contribution in [0.2, 0.25) is 0 Å². The number of benzene rings is 1. The van der Waals surface area contributed by atoms with Gasteiger partial charge in [0.2, 0.25) is 0 Å². The van der Waals surface area contributed by atoms with Gasteiger partial charge in [0.1, 0.15) is 5.69 Å². The van der Waals surface area contributed by atoms with E-state index in [0.717, 1.165) is 5.56 Å². The highest BCUT2D eigenvalue weighted by Gasteiger charge is 2.17. The lowest BCUT2D eigenvalue weighted by atomic mass is 10.2. The van der Waals surface area contributed by atoms with Gasteiger partial charge in [0.25, 0.3) is 5.88 Å². The van der Waals surface area contributed by atoms with Crippen molar-refractivity contribution in [1.82, 2.24) is 15.0 Å². The predicted octanol–water partition coefficient (Wildman–Crippen LogP) is 0.471. The van der Waals surface area contributed by atoms with Crippen molar-refractivity contribution >= 4 is 10.3 Å². The Bertz CT molecular complexity index is 652. The number of nitrogens with zero attached hydrogens (tertiary/aromatic N) is 3. The maximum Gasteiger partial charge on any atom is 0.381 e. The van der Waals surface area contributed by atoms with Crippen LogP contribution in [-0.4, -0.2) is 23.4 Å². The first-order valence-corrected chi connectivity index (χ1v) is 7.15. The van der Waals surface area contributed by atoms with Crippen LogP contribution in [0.3, 0.4) is 0 Å². The Morgan fingerprint density at radius 3 is 2.58 bits per heavy atom. The van der Waals surface area contributed by atoms with Gasteiger partial charge in [-0.1, -0.05) is 47.6 Å². The Morgan fingerprint density at radius 2 is 2.00 bits per heavy atom. The molecule has 2 aromatic rings. The number of rotatable bonds is 5. The van der Waals surface area contributed by atoms with E-state index in [2.05, 4.69) is 14.5 Å². The maximum atomic E-state index is 10.9. The minimum absolute atomic E-state index is 0.0686. The lowest BCUT2D eigenvalue weighted by Gasteiger charge is -2.05. The second-order valence-electron chi connectivity index (χ2n) is 3.91. The summed E-state index contributed by atoms with van der Waals surface area (Å²) in [4.78, 5) is 0. The monoisotopic (exact) mass is 282 g/mol. The molecule has 0 fully saturated rings. The largest absolute Gasteiger partial charge is 0.381 e. The van der Waals surface area contributed by atoms with Crippen molar-refractivity contribution in [2.45, 2.75) is 19.9 Å². The number of aromatic nitrogens is 3. The predicted molar refractivity (Wildman–Crippen MR) is 68.7 cm³/mol. The fourth-order valence-electron chi connectivity index (χ4n) is 1.71. The summed E-state index contributed by atoms with van der Waals surface area (Å²) in [5.74, 6) is -0.0686. The molecular weight excluding hydrogens is 268 g/mol. The first-order chi connectivity index (χ1) is 8.99. The van der Waals surface area contributed by atoms with E-state index in [1.807, 2.05) is 37.3 Å². The summed E-state index contributed by atoms with van der Waals surface area (Å²) in [7, 11) is -4.09. The summed E-state index contributed by atoms with van der Waals surface area (Å²) >= 11 is 0. The molecule has 7 nitrogen and oxygen atoms in total. The Kier molecular flexibility index (Phi) is 3.82. The van der Waals surface area contributed by atoms with Gasteiger partial charge in [-0.15, -0.1) is 0 Å². The SMILES string of the molecule is CCc1c(OS(N)(=O)=O)nnn1Cc1ccccc1. The van der Waals surface area contributed by atoms with Crippen LogP contribution in [0.1, 0.15) is 18.2 Å². The minimum atomic E-state index is -4.09. The number of hydrogen-bond acceptors (Lipinski definition) is 5. The van der Waals surface area contributed by atoms with Gasteiger partial charge in [0.05, 0.1) is 6.54 Å². The molecule has 0 bridgehead atoms. The Balaban J connectivity index is 2.27. The van der Waals surface area contributed by atoms with Gasteiger partial charge in [-0.3, -0.25) is 0 Å². The summed E-state index contributed by atoms with van der Waals surface area (Å²) < 4.78 is 28.0.